The summed E-state index contributed by atoms with van der Waals surface area (Å²) in [6, 6.07) is 14.8. The first-order valence-electron chi connectivity index (χ1n) is 17.0. The lowest BCUT2D eigenvalue weighted by molar-refractivity contribution is 0.130. The molecule has 0 atom stereocenters. The molecule has 11 nitrogen and oxygen atoms in total. The van der Waals surface area contributed by atoms with E-state index in [2.05, 4.69) is 31.2 Å². The number of methoxy groups -OCH3 is 1. The molecule has 0 unspecified atom stereocenters. The van der Waals surface area contributed by atoms with E-state index in [9.17, 15) is 18.4 Å². The maximum absolute atomic E-state index is 12.5. The van der Waals surface area contributed by atoms with E-state index < -0.39 is 18.6 Å². The monoisotopic (exact) mass is 742 g/mol. The van der Waals surface area contributed by atoms with Crippen LogP contribution < -0.4 is 21.3 Å². The van der Waals surface area contributed by atoms with Gasteiger partial charge in [-0.2, -0.15) is 0 Å². The SMILES string of the molecule is COCc1csc(-c2ccccc2NC(=O)OCC2CCNCC2)n1.O=C(Nc1ccccc1-c1nc(CC(F)F)cs1)OCC1CCNCC1. The molecule has 0 bridgehead atoms. The average molecular weight is 743 g/mol. The van der Waals surface area contributed by atoms with Crippen molar-refractivity contribution in [3.63, 3.8) is 0 Å². The van der Waals surface area contributed by atoms with Gasteiger partial charge in [0.2, 0.25) is 6.43 Å². The van der Waals surface area contributed by atoms with Crippen molar-refractivity contribution in [1.29, 1.82) is 0 Å². The number of halogens is 2. The van der Waals surface area contributed by atoms with Crippen molar-refractivity contribution >= 4 is 46.2 Å². The maximum atomic E-state index is 12.5. The average Bonchev–Trinajstić information content (AvgIpc) is 3.81. The third kappa shape index (κ3) is 12.3. The van der Waals surface area contributed by atoms with Crippen LogP contribution in [-0.4, -0.2) is 75.1 Å². The Labute approximate surface area is 304 Å². The second kappa shape index (κ2) is 20.1. The van der Waals surface area contributed by atoms with Crippen LogP contribution in [0, 0.1) is 11.8 Å². The van der Waals surface area contributed by atoms with Crippen LogP contribution in [0.4, 0.5) is 29.7 Å². The summed E-state index contributed by atoms with van der Waals surface area (Å²) in [6.45, 7) is 5.21. The topological polar surface area (TPSA) is 136 Å². The summed E-state index contributed by atoms with van der Waals surface area (Å²) in [5.41, 5.74) is 4.07. The van der Waals surface area contributed by atoms with Gasteiger partial charge in [0.25, 0.3) is 0 Å². The highest BCUT2D eigenvalue weighted by Gasteiger charge is 2.19. The van der Waals surface area contributed by atoms with Crippen LogP contribution in [0.3, 0.4) is 0 Å². The Morgan fingerprint density at radius 2 is 1.22 bits per heavy atom. The Kier molecular flexibility index (Phi) is 15.1. The molecule has 4 heterocycles. The zero-order valence-electron chi connectivity index (χ0n) is 28.5. The summed E-state index contributed by atoms with van der Waals surface area (Å²) in [5.74, 6) is 0.825. The molecule has 2 fully saturated rings. The Morgan fingerprint density at radius 1 is 0.765 bits per heavy atom. The number of thiazole rings is 2. The number of piperidine rings is 2. The van der Waals surface area contributed by atoms with Crippen molar-refractivity contribution in [2.45, 2.75) is 45.1 Å². The van der Waals surface area contributed by atoms with Gasteiger partial charge < -0.3 is 24.8 Å². The number of carbonyl (C=O) groups excluding carboxylic acids is 2. The third-order valence-electron chi connectivity index (χ3n) is 8.37. The van der Waals surface area contributed by atoms with Gasteiger partial charge in [0.15, 0.2) is 0 Å². The Hall–Kier alpha value is -4.02. The van der Waals surface area contributed by atoms with Crippen molar-refractivity contribution < 1.29 is 32.6 Å². The minimum absolute atomic E-state index is 0.350. The van der Waals surface area contributed by atoms with Gasteiger partial charge >= 0.3 is 12.2 Å². The molecular formula is C36H44F2N6O5S2. The standard InChI is InChI=1S/C18H21F2N3O2S.C18H23N3O3S/c19-16(20)9-13-11-26-17(22-13)14-3-1-2-4-15(14)23-18(24)25-10-12-5-7-21-8-6-12;1-23-11-14-12-25-17(20-14)15-4-2-3-5-16(15)21-18(22)24-10-13-6-8-19-9-7-13/h1-4,11-12,16,21H,5-10H2,(H,23,24);2-5,12-13,19H,6-11H2,1H3,(H,21,22). The molecule has 2 saturated heterocycles. The predicted molar refractivity (Wildman–Crippen MR) is 197 cm³/mol. The first-order chi connectivity index (χ1) is 24.9. The molecular weight excluding hydrogens is 699 g/mol. The van der Waals surface area contributed by atoms with E-state index in [1.54, 1.807) is 30.7 Å². The quantitative estimate of drug-likeness (QED) is 0.115. The molecule has 51 heavy (non-hydrogen) atoms. The molecule has 4 N–H and O–H groups in total. The van der Waals surface area contributed by atoms with Crippen LogP contribution in [0.25, 0.3) is 21.1 Å². The highest BCUT2D eigenvalue weighted by Crippen LogP contribution is 2.32. The normalized spacial score (nSPS) is 15.1. The highest BCUT2D eigenvalue weighted by molar-refractivity contribution is 7.13. The lowest BCUT2D eigenvalue weighted by Gasteiger charge is -2.22. The van der Waals surface area contributed by atoms with E-state index in [0.717, 1.165) is 68.1 Å². The number of aromatic nitrogens is 2. The highest BCUT2D eigenvalue weighted by atomic mass is 32.1. The first kappa shape index (κ1) is 38.2. The van der Waals surface area contributed by atoms with Gasteiger partial charge in [-0.1, -0.05) is 24.3 Å². The number of hydrogen-bond donors (Lipinski definition) is 4. The zero-order valence-corrected chi connectivity index (χ0v) is 30.1. The van der Waals surface area contributed by atoms with Gasteiger partial charge in [-0.15, -0.1) is 22.7 Å². The molecule has 2 aliphatic heterocycles. The molecule has 0 spiro atoms. The molecule has 0 saturated carbocycles. The summed E-state index contributed by atoms with van der Waals surface area (Å²) in [5, 5.41) is 17.2. The van der Waals surface area contributed by atoms with Crippen LogP contribution in [0.1, 0.15) is 37.1 Å². The summed E-state index contributed by atoms with van der Waals surface area (Å²) >= 11 is 2.81. The van der Waals surface area contributed by atoms with E-state index in [0.29, 0.717) is 59.3 Å². The first-order valence-corrected chi connectivity index (χ1v) is 18.8. The number of nitrogens with one attached hydrogen (secondary N) is 4. The Bertz CT molecular complexity index is 1680. The smallest absolute Gasteiger partial charge is 0.411 e. The Balaban J connectivity index is 0.000000198. The fourth-order valence-corrected chi connectivity index (χ4v) is 7.38. The van der Waals surface area contributed by atoms with Crippen molar-refractivity contribution in [3.05, 3.63) is 70.7 Å². The van der Waals surface area contributed by atoms with Gasteiger partial charge in [-0.3, -0.25) is 10.6 Å². The molecule has 0 aliphatic carbocycles. The van der Waals surface area contributed by atoms with E-state index >= 15 is 0 Å². The van der Waals surface area contributed by atoms with Gasteiger partial charge in [-0.05, 0) is 88.0 Å². The zero-order chi connectivity index (χ0) is 35.8. The molecule has 2 aliphatic rings. The van der Waals surface area contributed by atoms with E-state index in [1.165, 1.54) is 22.7 Å². The number of rotatable bonds is 12. The number of nitrogens with zero attached hydrogens (tertiary/aromatic N) is 2. The summed E-state index contributed by atoms with van der Waals surface area (Å²) in [4.78, 5) is 33.1. The molecule has 2 aromatic heterocycles. The molecule has 4 aromatic rings. The fourth-order valence-electron chi connectivity index (χ4n) is 5.66. The van der Waals surface area contributed by atoms with Crippen molar-refractivity contribution in [1.82, 2.24) is 20.6 Å². The van der Waals surface area contributed by atoms with Gasteiger partial charge in [0.1, 0.15) is 10.0 Å². The summed E-state index contributed by atoms with van der Waals surface area (Å²) in [7, 11) is 1.65. The van der Waals surface area contributed by atoms with Gasteiger partial charge in [0.05, 0.1) is 49.0 Å². The molecule has 2 aromatic carbocycles. The van der Waals surface area contributed by atoms with E-state index in [1.807, 2.05) is 35.7 Å². The number of benzene rings is 2. The largest absolute Gasteiger partial charge is 0.449 e. The second-order valence-corrected chi connectivity index (χ2v) is 14.0. The predicted octanol–water partition coefficient (Wildman–Crippen LogP) is 7.67. The molecule has 0 radical (unpaired) electrons. The number of amides is 2. The minimum atomic E-state index is -2.43. The molecule has 15 heteroatoms. The van der Waals surface area contributed by atoms with Crippen LogP contribution in [0.2, 0.25) is 0 Å². The van der Waals surface area contributed by atoms with Crippen LogP contribution >= 0.6 is 22.7 Å². The van der Waals surface area contributed by atoms with Crippen molar-refractivity contribution in [3.8, 4) is 21.1 Å². The van der Waals surface area contributed by atoms with E-state index in [-0.39, 0.29) is 6.42 Å². The molecule has 2 amide bonds. The third-order valence-corrected chi connectivity index (χ3v) is 10.2. The van der Waals surface area contributed by atoms with E-state index in [4.69, 9.17) is 14.2 Å². The lowest BCUT2D eigenvalue weighted by Crippen LogP contribution is -2.31. The Morgan fingerprint density at radius 3 is 1.69 bits per heavy atom. The number of para-hydroxylation sites is 2. The molecule has 6 rings (SSSR count). The van der Waals surface area contributed by atoms with Gasteiger partial charge in [-0.25, -0.2) is 28.3 Å². The number of ether oxygens (including phenoxy) is 3. The van der Waals surface area contributed by atoms with Gasteiger partial charge in [0, 0.05) is 29.0 Å². The number of hydrogen-bond acceptors (Lipinski definition) is 11. The maximum Gasteiger partial charge on any atom is 0.411 e. The number of alkyl halides is 2. The lowest BCUT2D eigenvalue weighted by atomic mass is 9.99. The van der Waals surface area contributed by atoms with Crippen LogP contribution in [-0.2, 0) is 27.2 Å². The molecule has 274 valence electrons. The second-order valence-electron chi connectivity index (χ2n) is 12.2. The fraction of sp³-hybridized carbons (Fsp3) is 0.444. The van der Waals surface area contributed by atoms with Crippen molar-refractivity contribution in [2.24, 2.45) is 11.8 Å². The van der Waals surface area contributed by atoms with Crippen LogP contribution in [0.15, 0.2) is 59.3 Å². The van der Waals surface area contributed by atoms with Crippen molar-refractivity contribution in [2.75, 3.05) is 57.1 Å². The minimum Gasteiger partial charge on any atom is -0.449 e. The summed E-state index contributed by atoms with van der Waals surface area (Å²) in [6.07, 6.45) is 0.357. The number of anilines is 2. The summed E-state index contributed by atoms with van der Waals surface area (Å²) < 4.78 is 40.9. The van der Waals surface area contributed by atoms with Crippen LogP contribution in [0.5, 0.6) is 0 Å². The number of carbonyl (C=O) groups is 2.